The molecule has 2 aromatic carbocycles. The van der Waals surface area contributed by atoms with E-state index in [1.807, 2.05) is 0 Å². The summed E-state index contributed by atoms with van der Waals surface area (Å²) in [7, 11) is -5.03. The number of nitrogens with zero attached hydrogens (tertiary/aromatic N) is 1. The summed E-state index contributed by atoms with van der Waals surface area (Å²) in [5, 5.41) is 9.64. The van der Waals surface area contributed by atoms with E-state index < -0.39 is 50.0 Å². The van der Waals surface area contributed by atoms with Crippen LogP contribution in [0.4, 0.5) is 22.0 Å². The van der Waals surface area contributed by atoms with Gasteiger partial charge >= 0.3 is 0 Å². The molecule has 1 aliphatic carbocycles. The fourth-order valence-corrected chi connectivity index (χ4v) is 4.60. The third-order valence-electron chi connectivity index (χ3n) is 4.15. The van der Waals surface area contributed by atoms with Crippen LogP contribution in [-0.4, -0.2) is 23.9 Å². The predicted molar refractivity (Wildman–Crippen MR) is 84.8 cm³/mol. The molecule has 27 heavy (non-hydrogen) atoms. The quantitative estimate of drug-likeness (QED) is 0.467. The van der Waals surface area contributed by atoms with Gasteiger partial charge in [-0.1, -0.05) is 6.07 Å². The van der Waals surface area contributed by atoms with Gasteiger partial charge in [-0.25, -0.2) is 30.4 Å². The van der Waals surface area contributed by atoms with E-state index >= 15 is 0 Å². The van der Waals surface area contributed by atoms with Crippen molar-refractivity contribution in [2.24, 2.45) is 0 Å². The topological polar surface area (TPSA) is 57.6 Å². The second kappa shape index (κ2) is 6.75. The Kier molecular flexibility index (Phi) is 4.89. The minimum Gasteiger partial charge on any atom is -0.508 e. The van der Waals surface area contributed by atoms with Crippen LogP contribution in [0.5, 0.6) is 5.75 Å². The van der Waals surface area contributed by atoms with E-state index in [0.29, 0.717) is 28.3 Å². The van der Waals surface area contributed by atoms with E-state index in [1.54, 1.807) is 13.0 Å². The summed E-state index contributed by atoms with van der Waals surface area (Å²) in [5.41, 5.74) is 0.918. The second-order valence-corrected chi connectivity index (χ2v) is 8.18. The van der Waals surface area contributed by atoms with Gasteiger partial charge in [0.2, 0.25) is 15.8 Å². The van der Waals surface area contributed by atoms with Gasteiger partial charge in [0.1, 0.15) is 5.75 Å². The maximum absolute atomic E-state index is 14.0. The van der Waals surface area contributed by atoms with Crippen LogP contribution < -0.4 is 0 Å². The monoisotopic (exact) mass is 407 g/mol. The molecular formula is C17H14F5NO3S. The number of rotatable bonds is 5. The first-order chi connectivity index (χ1) is 12.5. The average Bonchev–Trinajstić information content (AvgIpc) is 3.40. The van der Waals surface area contributed by atoms with E-state index in [1.165, 1.54) is 12.1 Å². The molecule has 1 aliphatic rings. The van der Waals surface area contributed by atoms with Crippen molar-refractivity contribution in [2.75, 3.05) is 0 Å². The fourth-order valence-electron chi connectivity index (χ4n) is 2.81. The van der Waals surface area contributed by atoms with Crippen LogP contribution in [0, 0.1) is 36.0 Å². The van der Waals surface area contributed by atoms with Crippen LogP contribution in [0.1, 0.15) is 24.0 Å². The van der Waals surface area contributed by atoms with Crippen molar-refractivity contribution in [1.29, 1.82) is 0 Å². The van der Waals surface area contributed by atoms with Crippen LogP contribution in [0.25, 0.3) is 0 Å². The molecule has 0 spiro atoms. The first kappa shape index (κ1) is 19.6. The number of benzene rings is 2. The Balaban J connectivity index is 2.11. The molecule has 3 rings (SSSR count). The molecule has 0 aromatic heterocycles. The molecule has 0 radical (unpaired) electrons. The molecule has 0 saturated heterocycles. The normalized spacial score (nSPS) is 14.8. The molecule has 0 amide bonds. The van der Waals surface area contributed by atoms with Crippen molar-refractivity contribution >= 4 is 10.0 Å². The van der Waals surface area contributed by atoms with Gasteiger partial charge < -0.3 is 5.11 Å². The number of aromatic hydroxyl groups is 1. The van der Waals surface area contributed by atoms with Crippen molar-refractivity contribution in [3.63, 3.8) is 0 Å². The lowest BCUT2D eigenvalue weighted by atomic mass is 10.1. The van der Waals surface area contributed by atoms with E-state index in [4.69, 9.17) is 0 Å². The average molecular weight is 407 g/mol. The highest BCUT2D eigenvalue weighted by Gasteiger charge is 2.43. The molecule has 1 saturated carbocycles. The maximum Gasteiger partial charge on any atom is 0.249 e. The summed E-state index contributed by atoms with van der Waals surface area (Å²) >= 11 is 0. The maximum atomic E-state index is 14.0. The number of phenols is 1. The van der Waals surface area contributed by atoms with E-state index in [0.717, 1.165) is 0 Å². The van der Waals surface area contributed by atoms with Gasteiger partial charge in [-0.05, 0) is 43.0 Å². The van der Waals surface area contributed by atoms with Gasteiger partial charge in [-0.3, -0.25) is 0 Å². The Morgan fingerprint density at radius 2 is 1.48 bits per heavy atom. The van der Waals surface area contributed by atoms with Crippen LogP contribution in [0.2, 0.25) is 0 Å². The molecule has 1 fully saturated rings. The zero-order chi connectivity index (χ0) is 20.1. The molecular weight excluding hydrogens is 393 g/mol. The largest absolute Gasteiger partial charge is 0.508 e. The van der Waals surface area contributed by atoms with Gasteiger partial charge in [-0.15, -0.1) is 0 Å². The molecule has 146 valence electrons. The zero-order valence-electron chi connectivity index (χ0n) is 13.9. The fraction of sp³-hybridized carbons (Fsp3) is 0.294. The second-order valence-electron chi connectivity index (χ2n) is 6.36. The lowest BCUT2D eigenvalue weighted by Crippen LogP contribution is -2.34. The number of aryl methyl sites for hydroxylation is 1. The number of hydrogen-bond donors (Lipinski definition) is 1. The number of sulfonamides is 1. The Labute approximate surface area is 151 Å². The standard InChI is InChI=1S/C17H14F5NO3S/c1-8-4-9(6-11(24)5-8)7-23(10-2-3-10)27(25,26)17-15(21)13(19)12(18)14(20)16(17)22/h4-6,10,24H,2-3,7H2,1H3. The molecule has 2 aromatic rings. The van der Waals surface area contributed by atoms with Crippen LogP contribution >= 0.6 is 0 Å². The van der Waals surface area contributed by atoms with Gasteiger partial charge in [0.25, 0.3) is 0 Å². The third kappa shape index (κ3) is 3.51. The summed E-state index contributed by atoms with van der Waals surface area (Å²) < 4.78 is 94.5. The van der Waals surface area contributed by atoms with Crippen LogP contribution in [-0.2, 0) is 16.6 Å². The Morgan fingerprint density at radius 1 is 0.963 bits per heavy atom. The number of phenolic OH excluding ortho intramolecular Hbond substituents is 1. The highest BCUT2D eigenvalue weighted by atomic mass is 32.2. The summed E-state index contributed by atoms with van der Waals surface area (Å²) in [6.07, 6.45) is 0.763. The van der Waals surface area contributed by atoms with E-state index in [2.05, 4.69) is 0 Å². The van der Waals surface area contributed by atoms with E-state index in [-0.39, 0.29) is 12.3 Å². The lowest BCUT2D eigenvalue weighted by molar-refractivity contribution is 0.346. The highest BCUT2D eigenvalue weighted by molar-refractivity contribution is 7.89. The number of hydrogen-bond acceptors (Lipinski definition) is 3. The molecule has 4 nitrogen and oxygen atoms in total. The smallest absolute Gasteiger partial charge is 0.249 e. The Hall–Kier alpha value is -2.20. The molecule has 0 unspecified atom stereocenters. The zero-order valence-corrected chi connectivity index (χ0v) is 14.8. The van der Waals surface area contributed by atoms with Gasteiger partial charge in [-0.2, -0.15) is 4.31 Å². The van der Waals surface area contributed by atoms with Gasteiger partial charge in [0, 0.05) is 12.6 Å². The predicted octanol–water partition coefficient (Wildman–Crippen LogP) is 3.75. The van der Waals surface area contributed by atoms with Gasteiger partial charge in [0.05, 0.1) is 0 Å². The summed E-state index contributed by atoms with van der Waals surface area (Å²) in [5.74, 6) is -12.0. The number of halogens is 5. The molecule has 0 aliphatic heterocycles. The Bertz CT molecular complexity index is 972. The molecule has 10 heteroatoms. The van der Waals surface area contributed by atoms with Crippen molar-refractivity contribution in [2.45, 2.75) is 37.2 Å². The first-order valence-electron chi connectivity index (χ1n) is 7.87. The van der Waals surface area contributed by atoms with Crippen molar-refractivity contribution < 1.29 is 35.5 Å². The van der Waals surface area contributed by atoms with Crippen molar-refractivity contribution in [3.05, 3.63) is 58.4 Å². The molecule has 0 bridgehead atoms. The van der Waals surface area contributed by atoms with Crippen LogP contribution in [0.15, 0.2) is 23.1 Å². The van der Waals surface area contributed by atoms with Crippen LogP contribution in [0.3, 0.4) is 0 Å². The summed E-state index contributed by atoms with van der Waals surface area (Å²) in [6.45, 7) is 1.25. The highest BCUT2D eigenvalue weighted by Crippen LogP contribution is 2.37. The minimum absolute atomic E-state index is 0.144. The third-order valence-corrected chi connectivity index (χ3v) is 6.07. The minimum atomic E-state index is -5.03. The Morgan fingerprint density at radius 3 is 1.96 bits per heavy atom. The van der Waals surface area contributed by atoms with E-state index in [9.17, 15) is 35.5 Å². The summed E-state index contributed by atoms with van der Waals surface area (Å²) in [6, 6.07) is 3.59. The van der Waals surface area contributed by atoms with Crippen molar-refractivity contribution in [1.82, 2.24) is 4.31 Å². The van der Waals surface area contributed by atoms with Gasteiger partial charge in [0.15, 0.2) is 28.2 Å². The summed E-state index contributed by atoms with van der Waals surface area (Å²) in [4.78, 5) is -1.87. The first-order valence-corrected chi connectivity index (χ1v) is 9.31. The molecule has 0 heterocycles. The molecule has 1 N–H and O–H groups in total. The lowest BCUT2D eigenvalue weighted by Gasteiger charge is -2.23. The van der Waals surface area contributed by atoms with Crippen molar-refractivity contribution in [3.8, 4) is 5.75 Å². The molecule has 0 atom stereocenters. The SMILES string of the molecule is Cc1cc(O)cc(CN(C2CC2)S(=O)(=O)c2c(F)c(F)c(F)c(F)c2F)c1.